The molecule has 0 aromatic carbocycles. The number of carbonyl (C=O) groups is 1. The minimum atomic E-state index is -1.79. The van der Waals surface area contributed by atoms with Crippen LogP contribution in [0, 0.1) is 0 Å². The topological polar surface area (TPSA) is 228 Å². The molecule has 2 aliphatic rings. The lowest BCUT2D eigenvalue weighted by molar-refractivity contribution is -0.359. The van der Waals surface area contributed by atoms with Gasteiger partial charge in [0.25, 0.3) is 0 Å². The van der Waals surface area contributed by atoms with E-state index in [0.717, 1.165) is 57.8 Å². The zero-order chi connectivity index (χ0) is 76.5. The van der Waals surface area contributed by atoms with Crippen LogP contribution in [0.4, 0.5) is 0 Å². The monoisotopic (exact) mass is 1500 g/mol. The molecule has 2 heterocycles. The molecule has 2 rings (SSSR count). The third-order valence-electron chi connectivity index (χ3n) is 21.9. The van der Waals surface area contributed by atoms with Crippen molar-refractivity contribution in [1.82, 2.24) is 5.32 Å². The third kappa shape index (κ3) is 56.6. The van der Waals surface area contributed by atoms with Crippen LogP contribution in [-0.4, -0.2) is 140 Å². The molecule has 9 N–H and O–H groups in total. The first-order valence-corrected chi connectivity index (χ1v) is 45.2. The van der Waals surface area contributed by atoms with Crippen LogP contribution in [0.2, 0.25) is 0 Å². The Hall–Kier alpha value is -2.57. The second-order valence-corrected chi connectivity index (χ2v) is 31.7. The summed E-state index contributed by atoms with van der Waals surface area (Å²) < 4.78 is 22.9. The first kappa shape index (κ1) is 99.5. The normalized spacial score (nSPS) is 21.6. The summed E-state index contributed by atoms with van der Waals surface area (Å²) in [6.07, 6.45) is 88.9. The van der Waals surface area contributed by atoms with E-state index in [1.807, 2.05) is 6.08 Å². The third-order valence-corrected chi connectivity index (χ3v) is 21.9. The van der Waals surface area contributed by atoms with E-state index in [0.29, 0.717) is 12.8 Å². The maximum atomic E-state index is 13.4. The van der Waals surface area contributed by atoms with Gasteiger partial charge in [0.15, 0.2) is 12.6 Å². The minimum Gasteiger partial charge on any atom is -0.394 e. The van der Waals surface area contributed by atoms with Crippen molar-refractivity contribution in [1.29, 1.82) is 0 Å². The van der Waals surface area contributed by atoms with Gasteiger partial charge in [-0.15, -0.1) is 0 Å². The Morgan fingerprint density at radius 3 is 1.04 bits per heavy atom. The van der Waals surface area contributed by atoms with Crippen LogP contribution in [0.5, 0.6) is 0 Å². The van der Waals surface area contributed by atoms with Crippen LogP contribution in [-0.2, 0) is 23.7 Å². The van der Waals surface area contributed by atoms with Gasteiger partial charge in [0, 0.05) is 6.42 Å². The van der Waals surface area contributed by atoms with Crippen molar-refractivity contribution in [3.8, 4) is 0 Å². The van der Waals surface area contributed by atoms with E-state index in [-0.39, 0.29) is 18.9 Å². The number of rotatable bonds is 77. The Labute approximate surface area is 650 Å². The van der Waals surface area contributed by atoms with Gasteiger partial charge in [0.1, 0.15) is 48.8 Å². The Bertz CT molecular complexity index is 2060. The molecule has 2 aliphatic heterocycles. The Morgan fingerprint density at radius 1 is 0.349 bits per heavy atom. The number of ether oxygens (including phenoxy) is 4. The number of hydrogen-bond acceptors (Lipinski definition) is 13. The van der Waals surface area contributed by atoms with Crippen LogP contribution in [0.3, 0.4) is 0 Å². The van der Waals surface area contributed by atoms with Gasteiger partial charge in [-0.25, -0.2) is 0 Å². The van der Waals surface area contributed by atoms with Crippen molar-refractivity contribution in [2.45, 2.75) is 485 Å². The Morgan fingerprint density at radius 2 is 0.660 bits per heavy atom. The predicted octanol–water partition coefficient (Wildman–Crippen LogP) is 22.0. The minimum absolute atomic E-state index is 0.241. The summed E-state index contributed by atoms with van der Waals surface area (Å²) in [7, 11) is 0. The molecule has 0 aliphatic carbocycles. The molecule has 0 aromatic heterocycles. The van der Waals surface area contributed by atoms with E-state index < -0.39 is 86.8 Å². The van der Waals surface area contributed by atoms with Crippen LogP contribution >= 0.6 is 0 Å². The molecule has 0 aromatic rings. The van der Waals surface area contributed by atoms with Crippen molar-refractivity contribution in [2.75, 3.05) is 19.8 Å². The fourth-order valence-electron chi connectivity index (χ4n) is 14.8. The van der Waals surface area contributed by atoms with Gasteiger partial charge in [0.2, 0.25) is 5.91 Å². The van der Waals surface area contributed by atoms with Crippen LogP contribution in [0.25, 0.3) is 0 Å². The smallest absolute Gasteiger partial charge is 0.220 e. The first-order chi connectivity index (χ1) is 52.1. The standard InChI is InChI=1S/C92H169NO13/c1-3-5-7-9-11-13-15-17-19-21-23-25-27-29-31-33-35-37-38-39-40-41-42-44-46-48-50-52-54-56-58-60-62-64-66-68-70-72-74-76-84(97)93-80(79-103-91-89(102)87(100)90(83(78-95)105-91)106-92-88(101)86(99)85(98)82(77-94)104-92)81(96)75-73-71-69-67-65-63-61-59-57-55-53-51-49-47-45-43-36-34-32-30-28-26-24-22-20-18-16-14-12-10-8-6-4-2/h5,7,11,13,17,19,23,25,65,67,73,75,80-83,85-92,94-96,98-102H,3-4,6,8-10,12,14-16,18,20-22,24,26-64,66,68-72,74,76-79H2,1-2H3,(H,93,97)/b7-5-,13-11-,19-17-,25-23-,67-65+,75-73+. The zero-order valence-corrected chi connectivity index (χ0v) is 68.4. The highest BCUT2D eigenvalue weighted by atomic mass is 16.7. The largest absolute Gasteiger partial charge is 0.394 e. The summed E-state index contributed by atoms with van der Waals surface area (Å²) in [4.78, 5) is 13.4. The number of hydrogen-bond donors (Lipinski definition) is 9. The highest BCUT2D eigenvalue weighted by Crippen LogP contribution is 2.31. The predicted molar refractivity (Wildman–Crippen MR) is 443 cm³/mol. The number of unbranched alkanes of at least 4 members (excludes halogenated alkanes) is 54. The van der Waals surface area contributed by atoms with Crippen LogP contribution in [0.15, 0.2) is 72.9 Å². The summed E-state index contributed by atoms with van der Waals surface area (Å²) in [5.41, 5.74) is 0. The average molecular weight is 1500 g/mol. The molecule has 14 heteroatoms. The Balaban J connectivity index is 1.57. The molecule has 0 spiro atoms. The fourth-order valence-corrected chi connectivity index (χ4v) is 14.8. The lowest BCUT2D eigenvalue weighted by Gasteiger charge is -2.46. The highest BCUT2D eigenvalue weighted by molar-refractivity contribution is 5.76. The molecule has 14 nitrogen and oxygen atoms in total. The molecule has 2 saturated heterocycles. The van der Waals surface area contributed by atoms with E-state index >= 15 is 0 Å². The van der Waals surface area contributed by atoms with E-state index in [2.05, 4.69) is 79.9 Å². The van der Waals surface area contributed by atoms with Gasteiger partial charge >= 0.3 is 0 Å². The van der Waals surface area contributed by atoms with Gasteiger partial charge in [-0.1, -0.05) is 408 Å². The molecule has 0 saturated carbocycles. The number of carbonyl (C=O) groups excluding carboxylic acids is 1. The summed E-state index contributed by atoms with van der Waals surface area (Å²) in [6, 6.07) is -0.935. The van der Waals surface area contributed by atoms with Crippen LogP contribution in [0.1, 0.15) is 412 Å². The number of nitrogens with one attached hydrogen (secondary N) is 1. The second-order valence-electron chi connectivity index (χ2n) is 31.7. The van der Waals surface area contributed by atoms with Gasteiger partial charge in [0.05, 0.1) is 32.0 Å². The van der Waals surface area contributed by atoms with E-state index in [1.165, 1.54) is 321 Å². The van der Waals surface area contributed by atoms with Crippen molar-refractivity contribution in [3.63, 3.8) is 0 Å². The van der Waals surface area contributed by atoms with Crippen molar-refractivity contribution in [3.05, 3.63) is 72.9 Å². The lowest BCUT2D eigenvalue weighted by Crippen LogP contribution is -2.65. The van der Waals surface area contributed by atoms with E-state index in [4.69, 9.17) is 18.9 Å². The summed E-state index contributed by atoms with van der Waals surface area (Å²) in [6.45, 7) is 2.74. The van der Waals surface area contributed by atoms with Gasteiger partial charge in [-0.05, 0) is 70.6 Å². The van der Waals surface area contributed by atoms with Crippen LogP contribution < -0.4 is 5.32 Å². The molecule has 0 bridgehead atoms. The number of aliphatic hydroxyl groups excluding tert-OH is 8. The first-order valence-electron chi connectivity index (χ1n) is 45.2. The highest BCUT2D eigenvalue weighted by Gasteiger charge is 2.51. The van der Waals surface area contributed by atoms with E-state index in [9.17, 15) is 45.6 Å². The van der Waals surface area contributed by atoms with Crippen molar-refractivity contribution in [2.24, 2.45) is 0 Å². The number of aliphatic hydroxyl groups is 8. The fraction of sp³-hybridized carbons (Fsp3) is 0.859. The molecule has 12 unspecified atom stereocenters. The van der Waals surface area contributed by atoms with Gasteiger partial charge in [-0.3, -0.25) is 4.79 Å². The molecule has 620 valence electrons. The number of amides is 1. The van der Waals surface area contributed by atoms with Crippen molar-refractivity contribution >= 4 is 5.91 Å². The zero-order valence-electron chi connectivity index (χ0n) is 68.4. The summed E-state index contributed by atoms with van der Waals surface area (Å²) in [5, 5.41) is 87.8. The molecule has 0 radical (unpaired) electrons. The van der Waals surface area contributed by atoms with Gasteiger partial charge in [-0.2, -0.15) is 0 Å². The number of allylic oxidation sites excluding steroid dienone is 11. The SMILES string of the molecule is CC/C=C\C/C=C\C/C=C\C/C=C\CCCCCCCCCCCCCCCCCCCCCCCCCCCCC(=O)NC(COC1OC(CO)C(OC2OC(CO)C(O)C(O)C2O)C(O)C1O)C(O)/C=C/CC/C=C/CCCCCCCCCCCCCCCCCCCCCCCCCCCCC. The molecule has 2 fully saturated rings. The molecule has 1 amide bonds. The molecule has 12 atom stereocenters. The van der Waals surface area contributed by atoms with E-state index in [1.54, 1.807) is 6.08 Å². The lowest BCUT2D eigenvalue weighted by atomic mass is 9.97. The molecular formula is C92H169NO13. The maximum absolute atomic E-state index is 13.4. The Kier molecular flexibility index (Phi) is 70.5. The molecular weight excluding hydrogens is 1330 g/mol. The average Bonchev–Trinajstić information content (AvgIpc) is 0.789. The summed E-state index contributed by atoms with van der Waals surface area (Å²) >= 11 is 0. The van der Waals surface area contributed by atoms with Gasteiger partial charge < -0.3 is 65.1 Å². The second kappa shape index (κ2) is 75.1. The molecule has 106 heavy (non-hydrogen) atoms. The summed E-state index contributed by atoms with van der Waals surface area (Å²) in [5.74, 6) is -0.241. The quantitative estimate of drug-likeness (QED) is 0.0204. The van der Waals surface area contributed by atoms with Crippen molar-refractivity contribution < 1.29 is 64.6 Å². The maximum Gasteiger partial charge on any atom is 0.220 e.